The first-order valence-electron chi connectivity index (χ1n) is 8.25. The van der Waals surface area contributed by atoms with Gasteiger partial charge in [0, 0.05) is 25.7 Å². The van der Waals surface area contributed by atoms with Crippen LogP contribution in [0.3, 0.4) is 0 Å². The molecule has 2 aromatic carbocycles. The number of esters is 1. The van der Waals surface area contributed by atoms with Gasteiger partial charge in [0.2, 0.25) is 0 Å². The Morgan fingerprint density at radius 2 is 1.81 bits per heavy atom. The monoisotopic (exact) mass is 368 g/mol. The maximum atomic E-state index is 12.1. The van der Waals surface area contributed by atoms with Gasteiger partial charge in [0.1, 0.15) is 0 Å². The van der Waals surface area contributed by atoms with Gasteiger partial charge in [0.15, 0.2) is 6.61 Å². The summed E-state index contributed by atoms with van der Waals surface area (Å²) in [7, 11) is 1.63. The van der Waals surface area contributed by atoms with Crippen LogP contribution in [0.4, 0.5) is 5.69 Å². The molecule has 0 N–H and O–H groups in total. The topological polar surface area (TPSA) is 89.8 Å². The highest BCUT2D eigenvalue weighted by Gasteiger charge is 2.13. The number of hydrogen-bond acceptors (Lipinski definition) is 5. The van der Waals surface area contributed by atoms with Crippen molar-refractivity contribution in [3.63, 3.8) is 0 Å². The van der Waals surface area contributed by atoms with Gasteiger partial charge in [-0.1, -0.05) is 36.4 Å². The summed E-state index contributed by atoms with van der Waals surface area (Å²) >= 11 is 0. The second-order valence-corrected chi connectivity index (χ2v) is 5.93. The van der Waals surface area contributed by atoms with Gasteiger partial charge in [0.25, 0.3) is 11.6 Å². The second-order valence-electron chi connectivity index (χ2n) is 5.93. The Hall–Kier alpha value is -3.48. The normalized spacial score (nSPS) is 10.6. The van der Waals surface area contributed by atoms with Crippen molar-refractivity contribution in [3.05, 3.63) is 81.4 Å². The summed E-state index contributed by atoms with van der Waals surface area (Å²) < 4.78 is 4.93. The van der Waals surface area contributed by atoms with Crippen LogP contribution in [0.1, 0.15) is 16.7 Å². The molecule has 0 saturated carbocycles. The third-order valence-electron chi connectivity index (χ3n) is 3.96. The van der Waals surface area contributed by atoms with Crippen molar-refractivity contribution in [2.24, 2.45) is 0 Å². The lowest BCUT2D eigenvalue weighted by molar-refractivity contribution is -0.385. The minimum atomic E-state index is -0.745. The summed E-state index contributed by atoms with van der Waals surface area (Å²) in [4.78, 5) is 35.8. The van der Waals surface area contributed by atoms with E-state index in [1.165, 1.54) is 29.2 Å². The minimum Gasteiger partial charge on any atom is -0.452 e. The van der Waals surface area contributed by atoms with Crippen molar-refractivity contribution in [2.75, 3.05) is 13.7 Å². The summed E-state index contributed by atoms with van der Waals surface area (Å²) in [5.74, 6) is -1.09. The van der Waals surface area contributed by atoms with Gasteiger partial charge < -0.3 is 9.64 Å². The Bertz CT molecular complexity index is 876. The highest BCUT2D eigenvalue weighted by atomic mass is 16.6. The van der Waals surface area contributed by atoms with Crippen molar-refractivity contribution in [2.45, 2.75) is 13.5 Å². The van der Waals surface area contributed by atoms with Crippen LogP contribution in [0.5, 0.6) is 0 Å². The van der Waals surface area contributed by atoms with E-state index in [2.05, 4.69) is 0 Å². The number of para-hydroxylation sites is 1. The largest absolute Gasteiger partial charge is 0.452 e. The van der Waals surface area contributed by atoms with Crippen LogP contribution in [0, 0.1) is 17.0 Å². The predicted octanol–water partition coefficient (Wildman–Crippen LogP) is 3.12. The Labute approximate surface area is 157 Å². The van der Waals surface area contributed by atoms with E-state index in [0.29, 0.717) is 6.54 Å². The van der Waals surface area contributed by atoms with Gasteiger partial charge in [-0.3, -0.25) is 14.9 Å². The smallest absolute Gasteiger partial charge is 0.331 e. The van der Waals surface area contributed by atoms with Crippen LogP contribution in [-0.2, 0) is 20.9 Å². The number of likely N-dealkylation sites (N-methyl/N-ethyl adjacent to an activating group) is 1. The van der Waals surface area contributed by atoms with Crippen LogP contribution in [0.2, 0.25) is 0 Å². The zero-order chi connectivity index (χ0) is 19.8. The quantitative estimate of drug-likeness (QED) is 0.324. The summed E-state index contributed by atoms with van der Waals surface area (Å²) in [5.41, 5.74) is 2.25. The van der Waals surface area contributed by atoms with E-state index in [1.54, 1.807) is 13.1 Å². The Morgan fingerprint density at radius 1 is 1.15 bits per heavy atom. The maximum Gasteiger partial charge on any atom is 0.331 e. The van der Waals surface area contributed by atoms with Crippen molar-refractivity contribution < 1.29 is 19.2 Å². The fraction of sp³-hybridized carbons (Fsp3) is 0.200. The van der Waals surface area contributed by atoms with E-state index in [4.69, 9.17) is 4.74 Å². The van der Waals surface area contributed by atoms with E-state index < -0.39 is 17.5 Å². The summed E-state index contributed by atoms with van der Waals surface area (Å²) in [6, 6.07) is 13.7. The average Bonchev–Trinajstić information content (AvgIpc) is 2.66. The molecule has 27 heavy (non-hydrogen) atoms. The lowest BCUT2D eigenvalue weighted by atomic mass is 10.1. The zero-order valence-electron chi connectivity index (χ0n) is 15.1. The molecule has 0 aliphatic carbocycles. The number of hydrogen-bond donors (Lipinski definition) is 0. The molecule has 140 valence electrons. The molecule has 0 unspecified atom stereocenters. The molecule has 0 aliphatic heterocycles. The molecule has 7 nitrogen and oxygen atoms in total. The van der Waals surface area contributed by atoms with Crippen LogP contribution in [0.15, 0.2) is 54.6 Å². The lowest BCUT2D eigenvalue weighted by Gasteiger charge is -2.18. The fourth-order valence-electron chi connectivity index (χ4n) is 2.37. The number of aryl methyl sites for hydroxylation is 1. The SMILES string of the molecule is Cc1ccccc1CN(C)C(=O)COC(=O)/C=C/c1ccccc1[N+](=O)[O-]. The summed E-state index contributed by atoms with van der Waals surface area (Å²) in [6.07, 6.45) is 2.36. The predicted molar refractivity (Wildman–Crippen MR) is 101 cm³/mol. The van der Waals surface area contributed by atoms with E-state index in [1.807, 2.05) is 31.2 Å². The average molecular weight is 368 g/mol. The highest BCUT2D eigenvalue weighted by molar-refractivity contribution is 5.89. The molecule has 0 spiro atoms. The molecule has 0 saturated heterocycles. The van der Waals surface area contributed by atoms with Gasteiger partial charge in [-0.05, 0) is 30.2 Å². The zero-order valence-corrected chi connectivity index (χ0v) is 15.1. The molecule has 2 aromatic rings. The number of ether oxygens (including phenoxy) is 1. The van der Waals surface area contributed by atoms with Crippen molar-refractivity contribution in [1.29, 1.82) is 0 Å². The Kier molecular flexibility index (Phi) is 6.82. The standard InChI is InChI=1S/C20H20N2O5/c1-15-7-3-4-9-17(15)13-21(2)19(23)14-27-20(24)12-11-16-8-5-6-10-18(16)22(25)26/h3-12H,13-14H2,1-2H3/b12-11+. The number of amides is 1. The molecular formula is C20H20N2O5. The fourth-order valence-corrected chi connectivity index (χ4v) is 2.37. The molecule has 0 heterocycles. The second kappa shape index (κ2) is 9.28. The summed E-state index contributed by atoms with van der Waals surface area (Å²) in [5, 5.41) is 10.9. The number of rotatable bonds is 7. The number of carbonyl (C=O) groups excluding carboxylic acids is 2. The van der Waals surface area contributed by atoms with Gasteiger partial charge in [-0.15, -0.1) is 0 Å². The number of nitro groups is 1. The molecule has 0 radical (unpaired) electrons. The molecule has 0 fully saturated rings. The highest BCUT2D eigenvalue weighted by Crippen LogP contribution is 2.18. The first kappa shape index (κ1) is 19.8. The molecule has 7 heteroatoms. The van der Waals surface area contributed by atoms with Gasteiger partial charge >= 0.3 is 5.97 Å². The number of nitrogens with zero attached hydrogens (tertiary/aromatic N) is 2. The maximum absolute atomic E-state index is 12.1. The van der Waals surface area contributed by atoms with Crippen molar-refractivity contribution in [3.8, 4) is 0 Å². The Morgan fingerprint density at radius 3 is 2.52 bits per heavy atom. The molecule has 0 atom stereocenters. The van der Waals surface area contributed by atoms with E-state index in [0.717, 1.165) is 17.2 Å². The van der Waals surface area contributed by atoms with Crippen molar-refractivity contribution in [1.82, 2.24) is 4.90 Å². The van der Waals surface area contributed by atoms with Crippen LogP contribution >= 0.6 is 0 Å². The molecule has 1 amide bonds. The number of nitro benzene ring substituents is 1. The van der Waals surface area contributed by atoms with Crippen LogP contribution in [-0.4, -0.2) is 35.4 Å². The van der Waals surface area contributed by atoms with Gasteiger partial charge in [-0.25, -0.2) is 4.79 Å². The minimum absolute atomic E-state index is 0.115. The lowest BCUT2D eigenvalue weighted by Crippen LogP contribution is -2.30. The van der Waals surface area contributed by atoms with E-state index in [9.17, 15) is 19.7 Å². The first-order chi connectivity index (χ1) is 12.9. The third-order valence-corrected chi connectivity index (χ3v) is 3.96. The molecular weight excluding hydrogens is 348 g/mol. The van der Waals surface area contributed by atoms with Gasteiger partial charge in [0.05, 0.1) is 10.5 Å². The van der Waals surface area contributed by atoms with Crippen LogP contribution in [0.25, 0.3) is 6.08 Å². The van der Waals surface area contributed by atoms with Crippen LogP contribution < -0.4 is 0 Å². The number of carbonyl (C=O) groups is 2. The first-order valence-corrected chi connectivity index (χ1v) is 8.25. The van der Waals surface area contributed by atoms with Gasteiger partial charge in [-0.2, -0.15) is 0 Å². The summed E-state index contributed by atoms with van der Waals surface area (Å²) in [6.45, 7) is 1.97. The molecule has 0 aliphatic rings. The molecule has 2 rings (SSSR count). The van der Waals surface area contributed by atoms with E-state index >= 15 is 0 Å². The molecule has 0 aromatic heterocycles. The molecule has 0 bridgehead atoms. The van der Waals surface area contributed by atoms with Crippen molar-refractivity contribution >= 4 is 23.6 Å². The van der Waals surface area contributed by atoms with E-state index in [-0.39, 0.29) is 17.2 Å². The third kappa shape index (κ3) is 5.78. The Balaban J connectivity index is 1.89. The number of benzene rings is 2.